The topological polar surface area (TPSA) is 75.3 Å². The van der Waals surface area contributed by atoms with Crippen molar-refractivity contribution in [2.24, 2.45) is 0 Å². The molecule has 0 aliphatic heterocycles. The molecule has 0 aliphatic rings. The summed E-state index contributed by atoms with van der Waals surface area (Å²) < 4.78 is 27.5. The van der Waals surface area contributed by atoms with E-state index in [-0.39, 0.29) is 10.1 Å². The summed E-state index contributed by atoms with van der Waals surface area (Å²) in [6.45, 7) is 0.312. The highest BCUT2D eigenvalue weighted by Gasteiger charge is 2.25. The standard InChI is InChI=1S/C16H19ClN2O3S3/c1-23-10-8-14(19-25(21,22)15-3-2-9-24-15)16(20)18-11-12-4-6-13(17)7-5-12/h2-7,9,14,19H,8,10-11H2,1H3,(H,18,20). The third-order valence-corrected chi connectivity index (χ3v) is 7.13. The minimum Gasteiger partial charge on any atom is -0.351 e. The maximum Gasteiger partial charge on any atom is 0.250 e. The van der Waals surface area contributed by atoms with Crippen molar-refractivity contribution in [3.05, 3.63) is 52.4 Å². The lowest BCUT2D eigenvalue weighted by Gasteiger charge is -2.18. The molecular formula is C16H19ClN2O3S3. The van der Waals surface area contributed by atoms with Gasteiger partial charge in [0.05, 0.1) is 0 Å². The van der Waals surface area contributed by atoms with Gasteiger partial charge in [0, 0.05) is 11.6 Å². The molecule has 1 heterocycles. The normalized spacial score (nSPS) is 12.7. The quantitative estimate of drug-likeness (QED) is 0.656. The van der Waals surface area contributed by atoms with Gasteiger partial charge in [0.25, 0.3) is 10.0 Å². The van der Waals surface area contributed by atoms with E-state index in [4.69, 9.17) is 11.6 Å². The summed E-state index contributed by atoms with van der Waals surface area (Å²) >= 11 is 8.52. The van der Waals surface area contributed by atoms with Crippen molar-refractivity contribution in [1.82, 2.24) is 10.0 Å². The van der Waals surface area contributed by atoms with Gasteiger partial charge in [0.1, 0.15) is 10.3 Å². The number of sulfonamides is 1. The number of benzene rings is 1. The van der Waals surface area contributed by atoms with Gasteiger partial charge in [-0.15, -0.1) is 11.3 Å². The summed E-state index contributed by atoms with van der Waals surface area (Å²) in [5.41, 5.74) is 0.891. The minimum atomic E-state index is -3.70. The van der Waals surface area contributed by atoms with Gasteiger partial charge < -0.3 is 5.32 Å². The molecule has 0 aliphatic carbocycles. The smallest absolute Gasteiger partial charge is 0.250 e. The number of halogens is 1. The molecule has 25 heavy (non-hydrogen) atoms. The van der Waals surface area contributed by atoms with Gasteiger partial charge in [-0.05, 0) is 47.6 Å². The monoisotopic (exact) mass is 418 g/mol. The maximum atomic E-state index is 12.5. The molecule has 0 saturated heterocycles. The summed E-state index contributed by atoms with van der Waals surface area (Å²) in [5, 5.41) is 5.09. The fourth-order valence-corrected chi connectivity index (χ4v) is 4.89. The predicted molar refractivity (Wildman–Crippen MR) is 105 cm³/mol. The zero-order valence-corrected chi connectivity index (χ0v) is 16.8. The molecule has 0 radical (unpaired) electrons. The Morgan fingerprint density at radius 3 is 2.60 bits per heavy atom. The summed E-state index contributed by atoms with van der Waals surface area (Å²) in [4.78, 5) is 12.5. The number of carbonyl (C=O) groups excluding carboxylic acids is 1. The van der Waals surface area contributed by atoms with Crippen LogP contribution in [-0.4, -0.2) is 32.4 Å². The van der Waals surface area contributed by atoms with Crippen molar-refractivity contribution >= 4 is 50.6 Å². The van der Waals surface area contributed by atoms with Crippen molar-refractivity contribution < 1.29 is 13.2 Å². The lowest BCUT2D eigenvalue weighted by atomic mass is 10.2. The summed E-state index contributed by atoms with van der Waals surface area (Å²) in [6.07, 6.45) is 2.33. The molecule has 9 heteroatoms. The van der Waals surface area contributed by atoms with Crippen LogP contribution in [0.3, 0.4) is 0 Å². The molecule has 0 saturated carbocycles. The van der Waals surface area contributed by atoms with Gasteiger partial charge in [-0.3, -0.25) is 4.79 Å². The fourth-order valence-electron chi connectivity index (χ4n) is 2.06. The second kappa shape index (κ2) is 9.59. The lowest BCUT2D eigenvalue weighted by molar-refractivity contribution is -0.122. The highest BCUT2D eigenvalue weighted by atomic mass is 35.5. The molecule has 5 nitrogen and oxygen atoms in total. The lowest BCUT2D eigenvalue weighted by Crippen LogP contribution is -2.46. The Kier molecular flexibility index (Phi) is 7.77. The SMILES string of the molecule is CSCCC(NS(=O)(=O)c1cccs1)C(=O)NCc1ccc(Cl)cc1. The van der Waals surface area contributed by atoms with E-state index in [9.17, 15) is 13.2 Å². The average Bonchev–Trinajstić information content (AvgIpc) is 3.13. The van der Waals surface area contributed by atoms with Crippen molar-refractivity contribution in [3.63, 3.8) is 0 Å². The van der Waals surface area contributed by atoms with Crippen LogP contribution in [-0.2, 0) is 21.4 Å². The Hall–Kier alpha value is -1.06. The van der Waals surface area contributed by atoms with Crippen molar-refractivity contribution in [2.75, 3.05) is 12.0 Å². The third kappa shape index (κ3) is 6.31. The number of thioether (sulfide) groups is 1. The van der Waals surface area contributed by atoms with Crippen LogP contribution in [0.5, 0.6) is 0 Å². The van der Waals surface area contributed by atoms with Crippen molar-refractivity contribution in [3.8, 4) is 0 Å². The molecular weight excluding hydrogens is 400 g/mol. The van der Waals surface area contributed by atoms with Gasteiger partial charge in [-0.2, -0.15) is 16.5 Å². The van der Waals surface area contributed by atoms with Crippen LogP contribution >= 0.6 is 34.7 Å². The molecule has 2 rings (SSSR count). The average molecular weight is 419 g/mol. The Labute approximate surface area is 161 Å². The number of hydrogen-bond acceptors (Lipinski definition) is 5. The second-order valence-corrected chi connectivity index (χ2v) is 9.54. The van der Waals surface area contributed by atoms with E-state index >= 15 is 0 Å². The minimum absolute atomic E-state index is 0.201. The van der Waals surface area contributed by atoms with E-state index in [0.717, 1.165) is 16.9 Å². The summed E-state index contributed by atoms with van der Waals surface area (Å²) in [6, 6.07) is 9.49. The molecule has 0 fully saturated rings. The van der Waals surface area contributed by atoms with Gasteiger partial charge in [0.15, 0.2) is 0 Å². The zero-order chi connectivity index (χ0) is 18.3. The van der Waals surface area contributed by atoms with Gasteiger partial charge in [0.2, 0.25) is 5.91 Å². The van der Waals surface area contributed by atoms with E-state index in [0.29, 0.717) is 23.7 Å². The maximum absolute atomic E-state index is 12.5. The molecule has 0 spiro atoms. The van der Waals surface area contributed by atoms with Gasteiger partial charge in [-0.1, -0.05) is 29.8 Å². The van der Waals surface area contributed by atoms with E-state index < -0.39 is 16.1 Å². The predicted octanol–water partition coefficient (Wildman–Crippen LogP) is 3.12. The summed E-state index contributed by atoms with van der Waals surface area (Å²) in [5.74, 6) is 0.329. The number of thiophene rings is 1. The first-order valence-corrected chi connectivity index (χ1v) is 11.6. The van der Waals surface area contributed by atoms with Crippen LogP contribution in [0.2, 0.25) is 5.02 Å². The van der Waals surface area contributed by atoms with E-state index in [1.165, 1.54) is 6.07 Å². The largest absolute Gasteiger partial charge is 0.351 e. The number of hydrogen-bond donors (Lipinski definition) is 2. The molecule has 1 unspecified atom stereocenters. The number of amides is 1. The van der Waals surface area contributed by atoms with E-state index in [1.54, 1.807) is 35.3 Å². The number of rotatable bonds is 9. The first-order chi connectivity index (χ1) is 11.9. The van der Waals surface area contributed by atoms with Crippen LogP contribution in [0.1, 0.15) is 12.0 Å². The first kappa shape index (κ1) is 20.3. The second-order valence-electron chi connectivity index (χ2n) is 5.23. The van der Waals surface area contributed by atoms with Crippen LogP contribution in [0.25, 0.3) is 0 Å². The fraction of sp³-hybridized carbons (Fsp3) is 0.312. The molecule has 1 aromatic carbocycles. The van der Waals surface area contributed by atoms with Crippen LogP contribution < -0.4 is 10.0 Å². The number of nitrogens with one attached hydrogen (secondary N) is 2. The Morgan fingerprint density at radius 1 is 1.28 bits per heavy atom. The van der Waals surface area contributed by atoms with Crippen molar-refractivity contribution in [1.29, 1.82) is 0 Å². The molecule has 2 aromatic rings. The summed E-state index contributed by atoms with van der Waals surface area (Å²) in [7, 11) is -3.70. The van der Waals surface area contributed by atoms with E-state index in [1.807, 2.05) is 18.4 Å². The van der Waals surface area contributed by atoms with Crippen LogP contribution in [0.4, 0.5) is 0 Å². The Balaban J connectivity index is 2.02. The molecule has 136 valence electrons. The molecule has 1 aromatic heterocycles. The van der Waals surface area contributed by atoms with Gasteiger partial charge in [-0.25, -0.2) is 8.42 Å². The molecule has 1 amide bonds. The number of carbonyl (C=O) groups is 1. The van der Waals surface area contributed by atoms with E-state index in [2.05, 4.69) is 10.0 Å². The van der Waals surface area contributed by atoms with Crippen LogP contribution in [0, 0.1) is 0 Å². The third-order valence-electron chi connectivity index (χ3n) is 3.36. The zero-order valence-electron chi connectivity index (χ0n) is 13.6. The highest BCUT2D eigenvalue weighted by molar-refractivity contribution is 7.98. The first-order valence-electron chi connectivity index (χ1n) is 7.49. The van der Waals surface area contributed by atoms with Crippen molar-refractivity contribution in [2.45, 2.75) is 23.2 Å². The Morgan fingerprint density at radius 2 is 2.00 bits per heavy atom. The van der Waals surface area contributed by atoms with Gasteiger partial charge >= 0.3 is 0 Å². The molecule has 1 atom stereocenters. The molecule has 2 N–H and O–H groups in total. The highest BCUT2D eigenvalue weighted by Crippen LogP contribution is 2.17. The molecule has 0 bridgehead atoms. The Bertz CT molecular complexity index is 777. The van der Waals surface area contributed by atoms with Crippen LogP contribution in [0.15, 0.2) is 46.0 Å².